The van der Waals surface area contributed by atoms with Crippen LogP contribution in [0.15, 0.2) is 30.3 Å². The van der Waals surface area contributed by atoms with E-state index in [1.54, 1.807) is 0 Å². The smallest absolute Gasteiger partial charge is 0 e. The molecule has 1 aromatic carbocycles. The molecule has 0 radical (unpaired) electrons. The summed E-state index contributed by atoms with van der Waals surface area (Å²) in [5, 5.41) is 0. The molecule has 0 nitrogen and oxygen atoms in total. The van der Waals surface area contributed by atoms with Crippen molar-refractivity contribution in [2.75, 3.05) is 0 Å². The first-order chi connectivity index (χ1) is 5.84. The molecule has 0 fully saturated rings. The zero-order valence-electron chi connectivity index (χ0n) is 7.43. The summed E-state index contributed by atoms with van der Waals surface area (Å²) in [6.07, 6.45) is 1.23. The zero-order valence-corrected chi connectivity index (χ0v) is 11.7. The molecule has 1 aromatic rings. The number of benzene rings is 1. The standard InChI is InChI=1S/C10H14.I2/c1-3-9(2)10-7-5-4-6-8-10;1-2/h4-9H,3H2,1-2H3;. The highest BCUT2D eigenvalue weighted by Gasteiger charge is 1.98. The molecule has 0 aliphatic carbocycles. The maximum Gasteiger partial charge on any atom is 0 e. The Morgan fingerprint density at radius 2 is 1.67 bits per heavy atom. The lowest BCUT2D eigenvalue weighted by Crippen LogP contribution is -1.88. The molecular weight excluding hydrogens is 374 g/mol. The monoisotopic (exact) mass is 388 g/mol. The molecule has 12 heavy (non-hydrogen) atoms. The number of rotatable bonds is 2. The summed E-state index contributed by atoms with van der Waals surface area (Å²) in [6.45, 7) is 4.48. The lowest BCUT2D eigenvalue weighted by molar-refractivity contribution is 0.733. The highest BCUT2D eigenvalue weighted by molar-refractivity contribution is 15.0. The van der Waals surface area contributed by atoms with Gasteiger partial charge in [-0.15, -0.1) is 0 Å². The van der Waals surface area contributed by atoms with Crippen molar-refractivity contribution in [1.82, 2.24) is 0 Å². The highest BCUT2D eigenvalue weighted by atomic mass is 128. The minimum Gasteiger partial charge on any atom is -0.0648 e. The average molecular weight is 388 g/mol. The number of hydrogen-bond donors (Lipinski definition) is 0. The fraction of sp³-hybridized carbons (Fsp3) is 0.400. The molecule has 68 valence electrons. The third kappa shape index (κ3) is 4.64. The minimum atomic E-state index is 0.709. The predicted octanol–water partition coefficient (Wildman–Crippen LogP) is 4.97. The van der Waals surface area contributed by atoms with Gasteiger partial charge in [0.05, 0.1) is 0 Å². The van der Waals surface area contributed by atoms with Crippen molar-refractivity contribution in [1.29, 1.82) is 0 Å². The van der Waals surface area contributed by atoms with Gasteiger partial charge in [0.1, 0.15) is 0 Å². The van der Waals surface area contributed by atoms with Gasteiger partial charge < -0.3 is 0 Å². The van der Waals surface area contributed by atoms with Crippen LogP contribution in [0, 0.1) is 0 Å². The molecule has 0 bridgehead atoms. The third-order valence-electron chi connectivity index (χ3n) is 1.98. The summed E-state index contributed by atoms with van der Waals surface area (Å²) in [5.41, 5.74) is 1.45. The fourth-order valence-corrected chi connectivity index (χ4v) is 1.02. The molecule has 1 unspecified atom stereocenters. The molecule has 0 saturated heterocycles. The largest absolute Gasteiger partial charge is 0.0648 e. The molecule has 0 aromatic heterocycles. The summed E-state index contributed by atoms with van der Waals surface area (Å²) in [7, 11) is 0. The summed E-state index contributed by atoms with van der Waals surface area (Å²) >= 11 is 4.24. The average Bonchev–Trinajstić information content (AvgIpc) is 2.21. The summed E-state index contributed by atoms with van der Waals surface area (Å²) < 4.78 is 0. The van der Waals surface area contributed by atoms with Crippen LogP contribution in [-0.4, -0.2) is 0 Å². The van der Waals surface area contributed by atoms with E-state index in [0.29, 0.717) is 5.92 Å². The molecule has 0 spiro atoms. The van der Waals surface area contributed by atoms with Crippen molar-refractivity contribution in [2.45, 2.75) is 26.2 Å². The van der Waals surface area contributed by atoms with Gasteiger partial charge in [-0.2, -0.15) is 0 Å². The van der Waals surface area contributed by atoms with Gasteiger partial charge in [-0.1, -0.05) is 44.2 Å². The van der Waals surface area contributed by atoms with Crippen LogP contribution in [0.3, 0.4) is 0 Å². The quantitative estimate of drug-likeness (QED) is 0.628. The molecule has 1 atom stereocenters. The van der Waals surface area contributed by atoms with Crippen molar-refractivity contribution >= 4 is 37.2 Å². The maximum atomic E-state index is 2.26. The minimum absolute atomic E-state index is 0.709. The SMILES string of the molecule is CCC(C)c1ccccc1.II. The summed E-state index contributed by atoms with van der Waals surface area (Å²) in [5.74, 6) is 0.709. The van der Waals surface area contributed by atoms with Crippen LogP contribution >= 0.6 is 37.2 Å². The third-order valence-corrected chi connectivity index (χ3v) is 1.98. The Bertz CT molecular complexity index is 184. The van der Waals surface area contributed by atoms with Gasteiger partial charge in [0.25, 0.3) is 0 Å². The van der Waals surface area contributed by atoms with Crippen LogP contribution in [0.5, 0.6) is 0 Å². The van der Waals surface area contributed by atoms with Gasteiger partial charge >= 0.3 is 0 Å². The van der Waals surface area contributed by atoms with E-state index < -0.39 is 0 Å². The van der Waals surface area contributed by atoms with Crippen molar-refractivity contribution in [3.8, 4) is 0 Å². The molecule has 0 aliphatic heterocycles. The second-order valence-corrected chi connectivity index (χ2v) is 2.72. The van der Waals surface area contributed by atoms with Gasteiger partial charge in [-0.05, 0) is 17.9 Å². The Hall–Kier alpha value is 0.680. The lowest BCUT2D eigenvalue weighted by atomic mass is 9.99. The molecule has 2 heteroatoms. The topological polar surface area (TPSA) is 0 Å². The molecule has 0 saturated carbocycles. The van der Waals surface area contributed by atoms with Crippen LogP contribution in [0.1, 0.15) is 31.7 Å². The van der Waals surface area contributed by atoms with Gasteiger partial charge in [0, 0.05) is 37.2 Å². The molecule has 0 aliphatic rings. The number of halogens is 2. The molecule has 0 heterocycles. The van der Waals surface area contributed by atoms with Crippen LogP contribution in [-0.2, 0) is 0 Å². The Morgan fingerprint density at radius 1 is 1.17 bits per heavy atom. The van der Waals surface area contributed by atoms with Crippen molar-refractivity contribution in [3.05, 3.63) is 35.9 Å². The molecule has 0 amide bonds. The Morgan fingerprint density at radius 3 is 2.08 bits per heavy atom. The van der Waals surface area contributed by atoms with E-state index in [9.17, 15) is 0 Å². The second-order valence-electron chi connectivity index (χ2n) is 2.72. The normalized spacial score (nSPS) is 11.3. The first-order valence-corrected chi connectivity index (χ1v) is 10.3. The Labute approximate surface area is 98.5 Å². The second kappa shape index (κ2) is 8.29. The van der Waals surface area contributed by atoms with E-state index in [1.165, 1.54) is 12.0 Å². The first kappa shape index (κ1) is 12.7. The van der Waals surface area contributed by atoms with Crippen LogP contribution in [0.25, 0.3) is 0 Å². The van der Waals surface area contributed by atoms with Gasteiger partial charge in [0.15, 0.2) is 0 Å². The lowest BCUT2D eigenvalue weighted by Gasteiger charge is -2.06. The van der Waals surface area contributed by atoms with E-state index in [-0.39, 0.29) is 0 Å². The van der Waals surface area contributed by atoms with E-state index in [1.807, 2.05) is 0 Å². The highest BCUT2D eigenvalue weighted by Crippen LogP contribution is 2.16. The number of hydrogen-bond acceptors (Lipinski definition) is 0. The van der Waals surface area contributed by atoms with E-state index >= 15 is 0 Å². The molecular formula is C10H14I2. The van der Waals surface area contributed by atoms with Gasteiger partial charge in [-0.3, -0.25) is 0 Å². The van der Waals surface area contributed by atoms with Crippen LogP contribution in [0.4, 0.5) is 0 Å². The Balaban J connectivity index is 0.000000561. The van der Waals surface area contributed by atoms with Crippen molar-refractivity contribution in [2.24, 2.45) is 0 Å². The van der Waals surface area contributed by atoms with Gasteiger partial charge in [0.2, 0.25) is 0 Å². The van der Waals surface area contributed by atoms with Crippen LogP contribution < -0.4 is 0 Å². The fourth-order valence-electron chi connectivity index (χ4n) is 1.02. The van der Waals surface area contributed by atoms with E-state index in [2.05, 4.69) is 81.4 Å². The van der Waals surface area contributed by atoms with Crippen LogP contribution in [0.2, 0.25) is 0 Å². The van der Waals surface area contributed by atoms with Crippen molar-refractivity contribution < 1.29 is 0 Å². The van der Waals surface area contributed by atoms with Gasteiger partial charge in [-0.25, -0.2) is 0 Å². The predicted molar refractivity (Wildman–Crippen MR) is 73.2 cm³/mol. The van der Waals surface area contributed by atoms with Crippen molar-refractivity contribution in [3.63, 3.8) is 0 Å². The first-order valence-electron chi connectivity index (χ1n) is 4.03. The summed E-state index contributed by atoms with van der Waals surface area (Å²) in [4.78, 5) is 0. The summed E-state index contributed by atoms with van der Waals surface area (Å²) in [6, 6.07) is 10.6. The molecule has 1 rings (SSSR count). The molecule has 0 N–H and O–H groups in total. The van der Waals surface area contributed by atoms with E-state index in [0.717, 1.165) is 0 Å². The zero-order chi connectivity index (χ0) is 9.40. The maximum absolute atomic E-state index is 2.26. The van der Waals surface area contributed by atoms with E-state index in [4.69, 9.17) is 0 Å². The Kier molecular flexibility index (Phi) is 8.76.